The summed E-state index contributed by atoms with van der Waals surface area (Å²) in [6.45, 7) is -0.187. The van der Waals surface area contributed by atoms with Gasteiger partial charge in [-0.15, -0.1) is 0 Å². The standard InChI is InChI=1S/C25H26F2N2O2/c26-20-7-6-19(9-21(20)27)29-22(30)14-28-23(31)25-12-16-8-17(13-25)11-24(10-16,15-25)18-4-2-1-3-5-18/h1-7,9,16-17H,8,10-15H2,(H,28,31)(H,29,30)/t16-,17+,24?,25?. The number of halogens is 2. The van der Waals surface area contributed by atoms with Gasteiger partial charge in [-0.2, -0.15) is 0 Å². The summed E-state index contributed by atoms with van der Waals surface area (Å²) in [5, 5.41) is 5.35. The fourth-order valence-corrected chi connectivity index (χ4v) is 6.78. The molecule has 2 N–H and O–H groups in total. The fraction of sp³-hybridized carbons (Fsp3) is 0.440. The monoisotopic (exact) mass is 424 g/mol. The van der Waals surface area contributed by atoms with Crippen molar-refractivity contribution >= 4 is 17.5 Å². The molecule has 0 aromatic heterocycles. The number of benzene rings is 2. The van der Waals surface area contributed by atoms with Crippen molar-refractivity contribution in [2.45, 2.75) is 43.9 Å². The van der Waals surface area contributed by atoms with Gasteiger partial charge in [-0.05, 0) is 73.5 Å². The van der Waals surface area contributed by atoms with E-state index in [1.807, 2.05) is 6.07 Å². The van der Waals surface area contributed by atoms with E-state index < -0.39 is 23.0 Å². The van der Waals surface area contributed by atoms with E-state index in [2.05, 4.69) is 34.9 Å². The summed E-state index contributed by atoms with van der Waals surface area (Å²) in [6.07, 6.45) is 6.07. The summed E-state index contributed by atoms with van der Waals surface area (Å²) in [5.74, 6) is -1.42. The van der Waals surface area contributed by atoms with Gasteiger partial charge in [0.1, 0.15) is 0 Å². The Morgan fingerprint density at radius 2 is 1.65 bits per heavy atom. The van der Waals surface area contributed by atoms with Crippen LogP contribution in [-0.4, -0.2) is 18.4 Å². The van der Waals surface area contributed by atoms with Gasteiger partial charge < -0.3 is 10.6 Å². The molecule has 2 aromatic carbocycles. The molecule has 162 valence electrons. The third kappa shape index (κ3) is 3.62. The molecule has 4 fully saturated rings. The Labute approximate surface area is 180 Å². The van der Waals surface area contributed by atoms with Crippen molar-refractivity contribution in [1.82, 2.24) is 5.32 Å². The second kappa shape index (κ2) is 7.43. The SMILES string of the molecule is O=C(CNC(=O)C12C[C@H]3C[C@@H](C1)CC(c1ccccc1)(C3)C2)Nc1ccc(F)c(F)c1. The molecule has 6 heteroatoms. The van der Waals surface area contributed by atoms with Crippen LogP contribution in [0.5, 0.6) is 0 Å². The zero-order valence-electron chi connectivity index (χ0n) is 17.3. The first-order chi connectivity index (χ1) is 14.9. The highest BCUT2D eigenvalue weighted by Gasteiger charge is 2.60. The van der Waals surface area contributed by atoms with Gasteiger partial charge in [-0.3, -0.25) is 9.59 Å². The van der Waals surface area contributed by atoms with Crippen LogP contribution in [0.2, 0.25) is 0 Å². The third-order valence-electron chi connectivity index (χ3n) is 7.54. The molecule has 2 amide bonds. The summed E-state index contributed by atoms with van der Waals surface area (Å²) in [6, 6.07) is 13.7. The molecule has 4 bridgehead atoms. The third-order valence-corrected chi connectivity index (χ3v) is 7.54. The van der Waals surface area contributed by atoms with E-state index in [1.54, 1.807) is 0 Å². The Bertz CT molecular complexity index is 1010. The molecule has 0 radical (unpaired) electrons. The Morgan fingerprint density at radius 3 is 2.32 bits per heavy atom. The van der Waals surface area contributed by atoms with E-state index in [9.17, 15) is 18.4 Å². The first-order valence-corrected chi connectivity index (χ1v) is 11.0. The minimum Gasteiger partial charge on any atom is -0.347 e. The Hall–Kier alpha value is -2.76. The van der Waals surface area contributed by atoms with Crippen LogP contribution in [0.25, 0.3) is 0 Å². The van der Waals surface area contributed by atoms with Crippen LogP contribution in [0.15, 0.2) is 48.5 Å². The number of hydrogen-bond donors (Lipinski definition) is 2. The van der Waals surface area contributed by atoms with Crippen molar-refractivity contribution in [1.29, 1.82) is 0 Å². The largest absolute Gasteiger partial charge is 0.347 e. The van der Waals surface area contributed by atoms with Gasteiger partial charge in [0.05, 0.1) is 12.0 Å². The molecule has 4 nitrogen and oxygen atoms in total. The minimum absolute atomic E-state index is 0.0522. The lowest BCUT2D eigenvalue weighted by atomic mass is 9.42. The number of carbonyl (C=O) groups is 2. The number of amides is 2. The van der Waals surface area contributed by atoms with E-state index in [0.29, 0.717) is 11.8 Å². The number of hydrogen-bond acceptors (Lipinski definition) is 2. The van der Waals surface area contributed by atoms with E-state index >= 15 is 0 Å². The Morgan fingerprint density at radius 1 is 0.935 bits per heavy atom. The highest BCUT2D eigenvalue weighted by atomic mass is 19.2. The number of anilines is 1. The highest BCUT2D eigenvalue weighted by Crippen LogP contribution is 2.65. The maximum Gasteiger partial charge on any atom is 0.243 e. The molecular weight excluding hydrogens is 398 g/mol. The summed E-state index contributed by atoms with van der Waals surface area (Å²) in [7, 11) is 0. The Balaban J connectivity index is 1.28. The molecule has 0 aliphatic heterocycles. The summed E-state index contributed by atoms with van der Waals surface area (Å²) in [4.78, 5) is 25.6. The van der Waals surface area contributed by atoms with Crippen LogP contribution in [-0.2, 0) is 15.0 Å². The van der Waals surface area contributed by atoms with E-state index in [-0.39, 0.29) is 23.6 Å². The van der Waals surface area contributed by atoms with Gasteiger partial charge in [0.15, 0.2) is 11.6 Å². The molecule has 31 heavy (non-hydrogen) atoms. The maximum atomic E-state index is 13.3. The number of rotatable bonds is 5. The van der Waals surface area contributed by atoms with Crippen LogP contribution >= 0.6 is 0 Å². The van der Waals surface area contributed by atoms with Gasteiger partial charge in [0, 0.05) is 11.8 Å². The molecule has 4 aliphatic rings. The molecule has 4 aliphatic carbocycles. The molecule has 4 saturated carbocycles. The van der Waals surface area contributed by atoms with Crippen molar-refractivity contribution in [2.75, 3.05) is 11.9 Å². The fourth-order valence-electron chi connectivity index (χ4n) is 6.78. The predicted molar refractivity (Wildman–Crippen MR) is 113 cm³/mol. The summed E-state index contributed by atoms with van der Waals surface area (Å²) < 4.78 is 26.4. The number of carbonyl (C=O) groups excluding carboxylic acids is 2. The molecule has 0 spiro atoms. The van der Waals surface area contributed by atoms with Crippen molar-refractivity contribution < 1.29 is 18.4 Å². The smallest absolute Gasteiger partial charge is 0.243 e. The minimum atomic E-state index is -1.03. The maximum absolute atomic E-state index is 13.3. The van der Waals surface area contributed by atoms with E-state index in [1.165, 1.54) is 18.1 Å². The zero-order valence-corrected chi connectivity index (χ0v) is 17.3. The van der Waals surface area contributed by atoms with Crippen molar-refractivity contribution in [3.8, 4) is 0 Å². The first kappa shape index (κ1) is 20.2. The molecule has 0 saturated heterocycles. The van der Waals surface area contributed by atoms with Gasteiger partial charge >= 0.3 is 0 Å². The van der Waals surface area contributed by atoms with E-state index in [4.69, 9.17) is 0 Å². The lowest BCUT2D eigenvalue weighted by molar-refractivity contribution is -0.149. The summed E-state index contributed by atoms with van der Waals surface area (Å²) in [5.41, 5.74) is 1.12. The lowest BCUT2D eigenvalue weighted by Gasteiger charge is -2.61. The average Bonchev–Trinajstić information content (AvgIpc) is 2.74. The molecule has 2 unspecified atom stereocenters. The zero-order chi connectivity index (χ0) is 21.6. The van der Waals surface area contributed by atoms with E-state index in [0.717, 1.165) is 44.2 Å². The summed E-state index contributed by atoms with van der Waals surface area (Å²) >= 11 is 0. The molecule has 6 rings (SSSR count). The van der Waals surface area contributed by atoms with Gasteiger partial charge in [0.25, 0.3) is 0 Å². The molecule has 0 heterocycles. The second-order valence-electron chi connectivity index (χ2n) is 9.75. The predicted octanol–water partition coefficient (Wildman–Crippen LogP) is 4.56. The second-order valence-corrected chi connectivity index (χ2v) is 9.75. The normalized spacial score (nSPS) is 30.8. The first-order valence-electron chi connectivity index (χ1n) is 11.0. The van der Waals surface area contributed by atoms with Gasteiger partial charge in [-0.1, -0.05) is 30.3 Å². The van der Waals surface area contributed by atoms with Crippen molar-refractivity contribution in [3.05, 3.63) is 65.7 Å². The Kier molecular flexibility index (Phi) is 4.83. The quantitative estimate of drug-likeness (QED) is 0.739. The molecule has 4 atom stereocenters. The van der Waals surface area contributed by atoms with Crippen LogP contribution in [0.4, 0.5) is 14.5 Å². The average molecular weight is 424 g/mol. The lowest BCUT2D eigenvalue weighted by Crippen LogP contribution is -2.59. The molecule has 2 aromatic rings. The van der Waals surface area contributed by atoms with Crippen LogP contribution in [0, 0.1) is 28.9 Å². The van der Waals surface area contributed by atoms with Gasteiger partial charge in [0.2, 0.25) is 11.8 Å². The van der Waals surface area contributed by atoms with Crippen LogP contribution in [0.3, 0.4) is 0 Å². The van der Waals surface area contributed by atoms with Gasteiger partial charge in [-0.25, -0.2) is 8.78 Å². The van der Waals surface area contributed by atoms with Crippen LogP contribution in [0.1, 0.15) is 44.1 Å². The molecular formula is C25H26F2N2O2. The van der Waals surface area contributed by atoms with Crippen molar-refractivity contribution in [2.24, 2.45) is 17.3 Å². The highest BCUT2D eigenvalue weighted by molar-refractivity contribution is 5.95. The van der Waals surface area contributed by atoms with Crippen LogP contribution < -0.4 is 10.6 Å². The van der Waals surface area contributed by atoms with Crippen molar-refractivity contribution in [3.63, 3.8) is 0 Å². The number of nitrogens with one attached hydrogen (secondary N) is 2. The topological polar surface area (TPSA) is 58.2 Å².